The van der Waals surface area contributed by atoms with Crippen LogP contribution in [0.2, 0.25) is 0 Å². The fourth-order valence-corrected chi connectivity index (χ4v) is 3.62. The van der Waals surface area contributed by atoms with Crippen LogP contribution < -0.4 is 5.32 Å². The highest BCUT2D eigenvalue weighted by Gasteiger charge is 2.41. The molecule has 0 saturated carbocycles. The summed E-state index contributed by atoms with van der Waals surface area (Å²) in [7, 11) is 0. The SMILES string of the molecule is CCN(CC)CCN1C(=O)C(C(C)C)NC1c1cccs1. The molecule has 1 aromatic heterocycles. The van der Waals surface area contributed by atoms with Crippen molar-refractivity contribution < 1.29 is 4.79 Å². The molecule has 1 aliphatic heterocycles. The summed E-state index contributed by atoms with van der Waals surface area (Å²) in [5, 5.41) is 5.60. The molecule has 118 valence electrons. The van der Waals surface area contributed by atoms with E-state index < -0.39 is 0 Å². The van der Waals surface area contributed by atoms with Gasteiger partial charge in [-0.1, -0.05) is 33.8 Å². The highest BCUT2D eigenvalue weighted by Crippen LogP contribution is 2.30. The van der Waals surface area contributed by atoms with E-state index in [1.54, 1.807) is 11.3 Å². The molecular formula is C16H27N3OS. The van der Waals surface area contributed by atoms with E-state index in [-0.39, 0.29) is 18.1 Å². The van der Waals surface area contributed by atoms with E-state index in [2.05, 4.69) is 55.4 Å². The second-order valence-corrected chi connectivity index (χ2v) is 6.84. The van der Waals surface area contributed by atoms with Gasteiger partial charge in [0.25, 0.3) is 0 Å². The van der Waals surface area contributed by atoms with E-state index in [4.69, 9.17) is 0 Å². The molecule has 1 N–H and O–H groups in total. The van der Waals surface area contributed by atoms with E-state index in [9.17, 15) is 4.79 Å². The fraction of sp³-hybridized carbons (Fsp3) is 0.688. The van der Waals surface area contributed by atoms with Crippen molar-refractivity contribution in [3.63, 3.8) is 0 Å². The molecule has 0 bridgehead atoms. The summed E-state index contributed by atoms with van der Waals surface area (Å²) in [5.41, 5.74) is 0. The first-order chi connectivity index (χ1) is 10.1. The standard InChI is InChI=1S/C16H27N3OS/c1-5-18(6-2)9-10-19-15(13-8-7-11-21-13)17-14(12(3)4)16(19)20/h7-8,11-12,14-15,17H,5-6,9-10H2,1-4H3. The molecule has 1 aromatic rings. The van der Waals surface area contributed by atoms with E-state index in [0.29, 0.717) is 5.92 Å². The maximum absolute atomic E-state index is 12.7. The minimum atomic E-state index is -0.0613. The van der Waals surface area contributed by atoms with Gasteiger partial charge in [-0.2, -0.15) is 0 Å². The number of rotatable bonds is 7. The fourth-order valence-electron chi connectivity index (χ4n) is 2.83. The van der Waals surface area contributed by atoms with E-state index in [0.717, 1.165) is 26.2 Å². The van der Waals surface area contributed by atoms with Crippen LogP contribution in [0.4, 0.5) is 0 Å². The number of nitrogens with zero attached hydrogens (tertiary/aromatic N) is 2. The summed E-state index contributed by atoms with van der Waals surface area (Å²) in [6.45, 7) is 12.3. The van der Waals surface area contributed by atoms with Crippen molar-refractivity contribution in [2.24, 2.45) is 5.92 Å². The second kappa shape index (κ2) is 7.38. The van der Waals surface area contributed by atoms with E-state index >= 15 is 0 Å². The average Bonchev–Trinajstić information content (AvgIpc) is 3.08. The minimum Gasteiger partial charge on any atom is -0.319 e. The smallest absolute Gasteiger partial charge is 0.241 e. The molecule has 1 fully saturated rings. The van der Waals surface area contributed by atoms with Gasteiger partial charge < -0.3 is 9.80 Å². The van der Waals surface area contributed by atoms with Crippen LogP contribution in [0.15, 0.2) is 17.5 Å². The van der Waals surface area contributed by atoms with Gasteiger partial charge >= 0.3 is 0 Å². The van der Waals surface area contributed by atoms with Crippen molar-refractivity contribution in [2.45, 2.75) is 39.9 Å². The van der Waals surface area contributed by atoms with Crippen LogP contribution >= 0.6 is 11.3 Å². The minimum absolute atomic E-state index is 0.0421. The molecule has 2 atom stereocenters. The molecule has 1 saturated heterocycles. The first-order valence-corrected chi connectivity index (χ1v) is 8.78. The average molecular weight is 309 g/mol. The topological polar surface area (TPSA) is 35.6 Å². The van der Waals surface area contributed by atoms with Gasteiger partial charge in [0.2, 0.25) is 5.91 Å². The highest BCUT2D eigenvalue weighted by molar-refractivity contribution is 7.10. The Bertz CT molecular complexity index is 442. The Morgan fingerprint density at radius 1 is 1.38 bits per heavy atom. The van der Waals surface area contributed by atoms with Crippen molar-refractivity contribution in [2.75, 3.05) is 26.2 Å². The third kappa shape index (κ3) is 3.65. The summed E-state index contributed by atoms with van der Waals surface area (Å²) in [4.78, 5) is 18.3. The Kier molecular flexibility index (Phi) is 5.79. The molecule has 2 rings (SSSR count). The van der Waals surface area contributed by atoms with Crippen molar-refractivity contribution >= 4 is 17.2 Å². The molecule has 21 heavy (non-hydrogen) atoms. The normalized spacial score (nSPS) is 22.8. The van der Waals surface area contributed by atoms with E-state index in [1.807, 2.05) is 4.90 Å². The maximum atomic E-state index is 12.7. The maximum Gasteiger partial charge on any atom is 0.241 e. The van der Waals surface area contributed by atoms with Crippen LogP contribution in [-0.4, -0.2) is 47.9 Å². The predicted molar refractivity (Wildman–Crippen MR) is 88.3 cm³/mol. The van der Waals surface area contributed by atoms with Gasteiger partial charge in [-0.25, -0.2) is 0 Å². The Morgan fingerprint density at radius 3 is 2.62 bits per heavy atom. The molecule has 4 nitrogen and oxygen atoms in total. The molecule has 1 amide bonds. The molecule has 1 aliphatic rings. The lowest BCUT2D eigenvalue weighted by atomic mass is 10.1. The van der Waals surface area contributed by atoms with E-state index in [1.165, 1.54) is 4.88 Å². The summed E-state index contributed by atoms with van der Waals surface area (Å²) >= 11 is 1.72. The van der Waals surface area contributed by atoms with Gasteiger partial charge in [0.15, 0.2) is 0 Å². The zero-order valence-electron chi connectivity index (χ0n) is 13.5. The van der Waals surface area contributed by atoms with Crippen LogP contribution in [-0.2, 0) is 4.79 Å². The third-order valence-corrected chi connectivity index (χ3v) is 5.15. The van der Waals surface area contributed by atoms with Crippen molar-refractivity contribution in [1.82, 2.24) is 15.1 Å². The van der Waals surface area contributed by atoms with Crippen molar-refractivity contribution in [3.05, 3.63) is 22.4 Å². The first kappa shape index (κ1) is 16.5. The quantitative estimate of drug-likeness (QED) is 0.841. The van der Waals surface area contributed by atoms with Gasteiger partial charge in [-0.3, -0.25) is 10.1 Å². The monoisotopic (exact) mass is 309 g/mol. The molecule has 0 aliphatic carbocycles. The summed E-state index contributed by atoms with van der Waals surface area (Å²) in [6, 6.07) is 4.11. The zero-order chi connectivity index (χ0) is 15.4. The lowest BCUT2D eigenvalue weighted by molar-refractivity contribution is -0.131. The number of amides is 1. The zero-order valence-corrected chi connectivity index (χ0v) is 14.3. The van der Waals surface area contributed by atoms with Crippen molar-refractivity contribution in [3.8, 4) is 0 Å². The van der Waals surface area contributed by atoms with Crippen LogP contribution in [0.5, 0.6) is 0 Å². The molecule has 0 radical (unpaired) electrons. The van der Waals surface area contributed by atoms with Gasteiger partial charge in [-0.15, -0.1) is 11.3 Å². The lowest BCUT2D eigenvalue weighted by Gasteiger charge is -2.27. The van der Waals surface area contributed by atoms with Crippen LogP contribution in [0.3, 0.4) is 0 Å². The Hall–Kier alpha value is -0.910. The number of nitrogens with one attached hydrogen (secondary N) is 1. The number of carbonyl (C=O) groups is 1. The van der Waals surface area contributed by atoms with Crippen LogP contribution in [0.1, 0.15) is 38.7 Å². The summed E-state index contributed by atoms with van der Waals surface area (Å²) in [5.74, 6) is 0.564. The Balaban J connectivity index is 2.11. The van der Waals surface area contributed by atoms with Gasteiger partial charge in [0.1, 0.15) is 6.17 Å². The number of carbonyl (C=O) groups excluding carboxylic acids is 1. The summed E-state index contributed by atoms with van der Waals surface area (Å²) in [6.07, 6.45) is 0.0421. The Morgan fingerprint density at radius 2 is 2.10 bits per heavy atom. The third-order valence-electron chi connectivity index (χ3n) is 4.23. The molecule has 2 unspecified atom stereocenters. The molecular weight excluding hydrogens is 282 g/mol. The number of hydrogen-bond donors (Lipinski definition) is 1. The largest absolute Gasteiger partial charge is 0.319 e. The highest BCUT2D eigenvalue weighted by atomic mass is 32.1. The molecule has 0 aromatic carbocycles. The van der Waals surface area contributed by atoms with Gasteiger partial charge in [0.05, 0.1) is 6.04 Å². The lowest BCUT2D eigenvalue weighted by Crippen LogP contribution is -2.39. The predicted octanol–water partition coefficient (Wildman–Crippen LogP) is 2.54. The van der Waals surface area contributed by atoms with Gasteiger partial charge in [0, 0.05) is 18.0 Å². The van der Waals surface area contributed by atoms with Crippen LogP contribution in [0, 0.1) is 5.92 Å². The first-order valence-electron chi connectivity index (χ1n) is 7.90. The Labute approximate surface area is 132 Å². The summed E-state index contributed by atoms with van der Waals surface area (Å²) < 4.78 is 0. The van der Waals surface area contributed by atoms with Crippen LogP contribution in [0.25, 0.3) is 0 Å². The molecule has 2 heterocycles. The number of likely N-dealkylation sites (N-methyl/N-ethyl adjacent to an activating group) is 1. The molecule has 0 spiro atoms. The van der Waals surface area contributed by atoms with Gasteiger partial charge in [-0.05, 0) is 30.5 Å². The molecule has 5 heteroatoms. The van der Waals surface area contributed by atoms with Crippen molar-refractivity contribution in [1.29, 1.82) is 0 Å². The second-order valence-electron chi connectivity index (χ2n) is 5.86. The number of thiophene rings is 1. The number of hydrogen-bond acceptors (Lipinski definition) is 4.